The van der Waals surface area contributed by atoms with Gasteiger partial charge in [0.25, 0.3) is 0 Å². The van der Waals surface area contributed by atoms with Crippen LogP contribution in [0.1, 0.15) is 32.1 Å². The molecule has 0 aromatic rings. The third kappa shape index (κ3) is 1.11. The molecule has 1 saturated carbocycles. The maximum Gasteiger partial charge on any atom is 0.00697 e. The molecular formula is C8H15N. The fourth-order valence-corrected chi connectivity index (χ4v) is 2.23. The van der Waals surface area contributed by atoms with Crippen LogP contribution in [-0.2, 0) is 0 Å². The maximum atomic E-state index is 3.55. The van der Waals surface area contributed by atoms with Gasteiger partial charge in [-0.3, -0.25) is 0 Å². The lowest BCUT2D eigenvalue weighted by Crippen LogP contribution is -2.40. The SMILES string of the molecule is C1CC2C[C@H](C1)CCN2. The molecule has 2 rings (SSSR count). The van der Waals surface area contributed by atoms with E-state index in [-0.39, 0.29) is 0 Å². The molecule has 2 aliphatic rings. The van der Waals surface area contributed by atoms with Crippen molar-refractivity contribution in [1.82, 2.24) is 5.32 Å². The predicted molar refractivity (Wildman–Crippen MR) is 38.4 cm³/mol. The summed E-state index contributed by atoms with van der Waals surface area (Å²) < 4.78 is 0. The Kier molecular flexibility index (Phi) is 1.46. The van der Waals surface area contributed by atoms with Gasteiger partial charge in [-0.15, -0.1) is 0 Å². The first-order chi connectivity index (χ1) is 4.45. The van der Waals surface area contributed by atoms with Crippen molar-refractivity contribution < 1.29 is 0 Å². The average molecular weight is 125 g/mol. The van der Waals surface area contributed by atoms with Gasteiger partial charge >= 0.3 is 0 Å². The van der Waals surface area contributed by atoms with Crippen LogP contribution in [0.5, 0.6) is 0 Å². The highest BCUT2D eigenvalue weighted by Gasteiger charge is 2.24. The van der Waals surface area contributed by atoms with E-state index in [9.17, 15) is 0 Å². The van der Waals surface area contributed by atoms with E-state index >= 15 is 0 Å². The highest BCUT2D eigenvalue weighted by Crippen LogP contribution is 2.29. The van der Waals surface area contributed by atoms with E-state index in [4.69, 9.17) is 0 Å². The Morgan fingerprint density at radius 1 is 1.11 bits per heavy atom. The predicted octanol–water partition coefficient (Wildman–Crippen LogP) is 1.54. The Labute approximate surface area is 56.8 Å². The van der Waals surface area contributed by atoms with Crippen molar-refractivity contribution in [2.75, 3.05) is 6.54 Å². The van der Waals surface area contributed by atoms with Crippen LogP contribution in [0.4, 0.5) is 0 Å². The van der Waals surface area contributed by atoms with Gasteiger partial charge in [-0.05, 0) is 31.7 Å². The normalized spacial score (nSPS) is 42.7. The summed E-state index contributed by atoms with van der Waals surface area (Å²) in [6.07, 6.45) is 7.34. The summed E-state index contributed by atoms with van der Waals surface area (Å²) in [7, 11) is 0. The second-order valence-corrected chi connectivity index (χ2v) is 3.47. The van der Waals surface area contributed by atoms with Gasteiger partial charge in [-0.2, -0.15) is 0 Å². The molecule has 1 heteroatoms. The Bertz CT molecular complexity index is 80.7. The van der Waals surface area contributed by atoms with Crippen molar-refractivity contribution in [3.05, 3.63) is 0 Å². The molecule has 1 nitrogen and oxygen atoms in total. The van der Waals surface area contributed by atoms with E-state index in [1.807, 2.05) is 0 Å². The van der Waals surface area contributed by atoms with Crippen molar-refractivity contribution in [2.45, 2.75) is 38.1 Å². The highest BCUT2D eigenvalue weighted by atomic mass is 14.9. The molecule has 2 fully saturated rings. The minimum Gasteiger partial charge on any atom is -0.314 e. The highest BCUT2D eigenvalue weighted by molar-refractivity contribution is 4.82. The molecule has 2 bridgehead atoms. The van der Waals surface area contributed by atoms with Gasteiger partial charge in [0.1, 0.15) is 0 Å². The molecule has 2 atom stereocenters. The third-order valence-corrected chi connectivity index (χ3v) is 2.77. The third-order valence-electron chi connectivity index (χ3n) is 2.77. The van der Waals surface area contributed by atoms with Crippen LogP contribution < -0.4 is 5.32 Å². The number of hydrogen-bond donors (Lipinski definition) is 1. The number of rotatable bonds is 0. The summed E-state index contributed by atoms with van der Waals surface area (Å²) in [5, 5.41) is 3.55. The minimum atomic E-state index is 0.900. The molecule has 0 aromatic heterocycles. The number of fused-ring (bicyclic) bond motifs is 2. The molecule has 52 valence electrons. The van der Waals surface area contributed by atoms with Crippen LogP contribution in [0.15, 0.2) is 0 Å². The molecule has 0 amide bonds. The first kappa shape index (κ1) is 5.72. The summed E-state index contributed by atoms with van der Waals surface area (Å²) in [6.45, 7) is 1.29. The Balaban J connectivity index is 1.96. The number of nitrogens with one attached hydrogen (secondary N) is 1. The van der Waals surface area contributed by atoms with Crippen molar-refractivity contribution in [2.24, 2.45) is 5.92 Å². The van der Waals surface area contributed by atoms with E-state index in [2.05, 4.69) is 5.32 Å². The molecule has 1 heterocycles. The maximum absolute atomic E-state index is 3.55. The quantitative estimate of drug-likeness (QED) is 0.518. The van der Waals surface area contributed by atoms with Gasteiger partial charge < -0.3 is 5.32 Å². The average Bonchev–Trinajstić information content (AvgIpc) is 1.88. The van der Waals surface area contributed by atoms with E-state index in [1.54, 1.807) is 0 Å². The molecule has 0 aromatic carbocycles. The smallest absolute Gasteiger partial charge is 0.00697 e. The molecule has 1 unspecified atom stereocenters. The Hall–Kier alpha value is -0.0400. The molecule has 9 heavy (non-hydrogen) atoms. The lowest BCUT2D eigenvalue weighted by Gasteiger charge is -2.34. The summed E-state index contributed by atoms with van der Waals surface area (Å²) in [5.74, 6) is 1.09. The van der Waals surface area contributed by atoms with Crippen molar-refractivity contribution >= 4 is 0 Å². The Morgan fingerprint density at radius 3 is 2.89 bits per heavy atom. The largest absolute Gasteiger partial charge is 0.314 e. The Morgan fingerprint density at radius 2 is 2.11 bits per heavy atom. The summed E-state index contributed by atoms with van der Waals surface area (Å²) in [4.78, 5) is 0. The lowest BCUT2D eigenvalue weighted by molar-refractivity contribution is 0.225. The second-order valence-electron chi connectivity index (χ2n) is 3.47. The van der Waals surface area contributed by atoms with Crippen LogP contribution in [-0.4, -0.2) is 12.6 Å². The molecule has 1 saturated heterocycles. The first-order valence-corrected chi connectivity index (χ1v) is 4.18. The molecular weight excluding hydrogens is 110 g/mol. The number of hydrogen-bond acceptors (Lipinski definition) is 1. The van der Waals surface area contributed by atoms with Gasteiger partial charge in [-0.1, -0.05) is 12.8 Å². The van der Waals surface area contributed by atoms with E-state index < -0.39 is 0 Å². The molecule has 0 radical (unpaired) electrons. The molecule has 1 N–H and O–H groups in total. The van der Waals surface area contributed by atoms with E-state index in [1.165, 1.54) is 38.6 Å². The van der Waals surface area contributed by atoms with Gasteiger partial charge in [-0.25, -0.2) is 0 Å². The monoisotopic (exact) mass is 125 g/mol. The topological polar surface area (TPSA) is 12.0 Å². The fraction of sp³-hybridized carbons (Fsp3) is 1.00. The van der Waals surface area contributed by atoms with Crippen molar-refractivity contribution in [3.8, 4) is 0 Å². The molecule has 1 aliphatic heterocycles. The van der Waals surface area contributed by atoms with E-state index in [0.717, 1.165) is 12.0 Å². The van der Waals surface area contributed by atoms with Crippen molar-refractivity contribution in [3.63, 3.8) is 0 Å². The van der Waals surface area contributed by atoms with Gasteiger partial charge in [0.2, 0.25) is 0 Å². The first-order valence-electron chi connectivity index (χ1n) is 4.18. The van der Waals surface area contributed by atoms with Gasteiger partial charge in [0.15, 0.2) is 0 Å². The zero-order valence-electron chi connectivity index (χ0n) is 5.90. The standard InChI is InChI=1S/C8H15N/c1-2-7-4-5-9-8(3-1)6-7/h7-9H,1-6H2/t7-,8?/m1/s1. The van der Waals surface area contributed by atoms with E-state index in [0.29, 0.717) is 0 Å². The second kappa shape index (κ2) is 2.30. The van der Waals surface area contributed by atoms with Crippen LogP contribution >= 0.6 is 0 Å². The fourth-order valence-electron chi connectivity index (χ4n) is 2.23. The molecule has 1 aliphatic carbocycles. The van der Waals surface area contributed by atoms with Crippen LogP contribution in [0.3, 0.4) is 0 Å². The minimum absolute atomic E-state index is 0.900. The van der Waals surface area contributed by atoms with Gasteiger partial charge in [0.05, 0.1) is 0 Å². The molecule has 0 spiro atoms. The van der Waals surface area contributed by atoms with Crippen LogP contribution in [0.2, 0.25) is 0 Å². The number of piperidine rings is 1. The summed E-state index contributed by atoms with van der Waals surface area (Å²) >= 11 is 0. The van der Waals surface area contributed by atoms with Crippen LogP contribution in [0.25, 0.3) is 0 Å². The lowest BCUT2D eigenvalue weighted by atomic mass is 9.81. The van der Waals surface area contributed by atoms with Gasteiger partial charge in [0, 0.05) is 6.04 Å². The zero-order chi connectivity index (χ0) is 6.10. The summed E-state index contributed by atoms with van der Waals surface area (Å²) in [6, 6.07) is 0.900. The van der Waals surface area contributed by atoms with Crippen molar-refractivity contribution in [1.29, 1.82) is 0 Å². The van der Waals surface area contributed by atoms with Crippen LogP contribution in [0, 0.1) is 5.92 Å². The summed E-state index contributed by atoms with van der Waals surface area (Å²) in [5.41, 5.74) is 0. The zero-order valence-corrected chi connectivity index (χ0v) is 5.90.